The summed E-state index contributed by atoms with van der Waals surface area (Å²) >= 11 is 1.11. The van der Waals surface area contributed by atoms with Gasteiger partial charge in [-0.3, -0.25) is 4.79 Å². The molecule has 1 atom stereocenters. The molecule has 1 amide bonds. The van der Waals surface area contributed by atoms with Crippen molar-refractivity contribution in [2.45, 2.75) is 31.4 Å². The number of nitrogens with zero attached hydrogens (tertiary/aromatic N) is 2. The van der Waals surface area contributed by atoms with Gasteiger partial charge in [-0.2, -0.15) is 0 Å². The van der Waals surface area contributed by atoms with Gasteiger partial charge in [-0.25, -0.2) is 4.39 Å². The summed E-state index contributed by atoms with van der Waals surface area (Å²) in [7, 11) is 0. The maximum Gasteiger partial charge on any atom is 0.277 e. The van der Waals surface area contributed by atoms with E-state index in [1.54, 1.807) is 18.2 Å². The molecule has 5 nitrogen and oxygen atoms in total. The van der Waals surface area contributed by atoms with Crippen LogP contribution in [-0.4, -0.2) is 21.9 Å². The zero-order chi connectivity index (χ0) is 19.2. The number of amides is 1. The first-order valence-corrected chi connectivity index (χ1v) is 9.67. The summed E-state index contributed by atoms with van der Waals surface area (Å²) < 4.78 is 19.2. The molecule has 0 unspecified atom stereocenters. The van der Waals surface area contributed by atoms with Crippen LogP contribution in [0.1, 0.15) is 31.7 Å². The van der Waals surface area contributed by atoms with E-state index in [-0.39, 0.29) is 28.3 Å². The Morgan fingerprint density at radius 2 is 1.93 bits per heavy atom. The quantitative estimate of drug-likeness (QED) is 0.572. The molecule has 0 bridgehead atoms. The number of para-hydroxylation sites is 1. The SMILES string of the molecule is CC[C@@H](C)c1ccccc1NC(=O)CSc1nnc(-c2ccccc2F)o1. The first kappa shape index (κ1) is 19.1. The molecule has 0 fully saturated rings. The van der Waals surface area contributed by atoms with E-state index in [4.69, 9.17) is 4.42 Å². The molecular weight excluding hydrogens is 365 g/mol. The Kier molecular flexibility index (Phi) is 6.24. The normalized spacial score (nSPS) is 12.0. The number of halogens is 1. The molecule has 2 aromatic carbocycles. The fraction of sp³-hybridized carbons (Fsp3) is 0.250. The van der Waals surface area contributed by atoms with Crippen LogP contribution in [0, 0.1) is 5.82 Å². The predicted molar refractivity (Wildman–Crippen MR) is 104 cm³/mol. The van der Waals surface area contributed by atoms with E-state index in [2.05, 4.69) is 29.4 Å². The van der Waals surface area contributed by atoms with Gasteiger partial charge in [0.1, 0.15) is 5.82 Å². The molecule has 1 heterocycles. The molecule has 3 rings (SSSR count). The van der Waals surface area contributed by atoms with Crippen LogP contribution >= 0.6 is 11.8 Å². The summed E-state index contributed by atoms with van der Waals surface area (Å²) in [5.41, 5.74) is 2.16. The average Bonchev–Trinajstić information content (AvgIpc) is 3.15. The van der Waals surface area contributed by atoms with Crippen LogP contribution in [0.2, 0.25) is 0 Å². The van der Waals surface area contributed by atoms with Crippen LogP contribution in [0.4, 0.5) is 10.1 Å². The molecule has 0 aliphatic heterocycles. The molecular formula is C20H20FN3O2S. The van der Waals surface area contributed by atoms with Crippen molar-refractivity contribution in [3.8, 4) is 11.5 Å². The first-order valence-electron chi connectivity index (χ1n) is 8.68. The Morgan fingerprint density at radius 1 is 1.19 bits per heavy atom. The van der Waals surface area contributed by atoms with Gasteiger partial charge < -0.3 is 9.73 Å². The Morgan fingerprint density at radius 3 is 2.70 bits per heavy atom. The van der Waals surface area contributed by atoms with Gasteiger partial charge in [-0.15, -0.1) is 10.2 Å². The lowest BCUT2D eigenvalue weighted by Gasteiger charge is -2.15. The zero-order valence-electron chi connectivity index (χ0n) is 15.1. The van der Waals surface area contributed by atoms with Gasteiger partial charge in [0.2, 0.25) is 5.91 Å². The summed E-state index contributed by atoms with van der Waals surface area (Å²) in [6.45, 7) is 4.24. The molecule has 3 aromatic rings. The maximum absolute atomic E-state index is 13.8. The predicted octanol–water partition coefficient (Wildman–Crippen LogP) is 5.12. The van der Waals surface area contributed by atoms with Crippen LogP contribution in [0.25, 0.3) is 11.5 Å². The first-order chi connectivity index (χ1) is 13.1. The number of nitrogens with one attached hydrogen (secondary N) is 1. The summed E-state index contributed by atoms with van der Waals surface area (Å²) in [6.07, 6.45) is 0.989. The van der Waals surface area contributed by atoms with E-state index in [1.165, 1.54) is 6.07 Å². The number of benzene rings is 2. The second kappa shape index (κ2) is 8.81. The topological polar surface area (TPSA) is 68.0 Å². The van der Waals surface area contributed by atoms with E-state index < -0.39 is 5.82 Å². The van der Waals surface area contributed by atoms with Gasteiger partial charge in [0.05, 0.1) is 11.3 Å². The highest BCUT2D eigenvalue weighted by Gasteiger charge is 2.15. The van der Waals surface area contributed by atoms with Crippen LogP contribution in [0.3, 0.4) is 0 Å². The van der Waals surface area contributed by atoms with Crippen LogP contribution in [0.5, 0.6) is 0 Å². The van der Waals surface area contributed by atoms with Crippen molar-refractivity contribution >= 4 is 23.4 Å². The Balaban J connectivity index is 1.62. The summed E-state index contributed by atoms with van der Waals surface area (Å²) in [5.74, 6) is -0.0293. The third kappa shape index (κ3) is 4.74. The van der Waals surface area contributed by atoms with E-state index in [9.17, 15) is 9.18 Å². The largest absolute Gasteiger partial charge is 0.411 e. The van der Waals surface area contributed by atoms with Gasteiger partial charge in [0.25, 0.3) is 11.1 Å². The number of hydrogen-bond acceptors (Lipinski definition) is 5. The number of rotatable bonds is 7. The van der Waals surface area contributed by atoms with Gasteiger partial charge in [0.15, 0.2) is 0 Å². The lowest BCUT2D eigenvalue weighted by atomic mass is 9.97. The number of carbonyl (C=O) groups is 1. The Hall–Kier alpha value is -2.67. The van der Waals surface area contributed by atoms with E-state index in [1.807, 2.05) is 24.3 Å². The fourth-order valence-corrected chi connectivity index (χ4v) is 3.15. The molecule has 0 aliphatic rings. The number of hydrogen-bond donors (Lipinski definition) is 1. The molecule has 0 spiro atoms. The van der Waals surface area contributed by atoms with Gasteiger partial charge >= 0.3 is 0 Å². The average molecular weight is 385 g/mol. The van der Waals surface area contributed by atoms with Crippen LogP contribution in [0.15, 0.2) is 58.2 Å². The van der Waals surface area contributed by atoms with Crippen molar-refractivity contribution in [2.24, 2.45) is 0 Å². The van der Waals surface area contributed by atoms with Gasteiger partial charge in [-0.1, -0.05) is 55.9 Å². The van der Waals surface area contributed by atoms with E-state index in [0.717, 1.165) is 29.4 Å². The minimum absolute atomic E-state index is 0.0955. The molecule has 1 N–H and O–H groups in total. The molecule has 0 saturated carbocycles. The third-order valence-electron chi connectivity index (χ3n) is 4.22. The molecule has 1 aromatic heterocycles. The second-order valence-corrected chi connectivity index (χ2v) is 7.01. The molecule has 140 valence electrons. The van der Waals surface area contributed by atoms with Gasteiger partial charge in [0, 0.05) is 5.69 Å². The van der Waals surface area contributed by atoms with Crippen LogP contribution < -0.4 is 5.32 Å². The van der Waals surface area contributed by atoms with Crippen molar-refractivity contribution in [2.75, 3.05) is 11.1 Å². The molecule has 0 saturated heterocycles. The van der Waals surface area contributed by atoms with Crippen molar-refractivity contribution in [3.63, 3.8) is 0 Å². The molecule has 27 heavy (non-hydrogen) atoms. The molecule has 7 heteroatoms. The van der Waals surface area contributed by atoms with Crippen molar-refractivity contribution in [1.29, 1.82) is 0 Å². The highest BCUT2D eigenvalue weighted by atomic mass is 32.2. The van der Waals surface area contributed by atoms with Crippen molar-refractivity contribution in [1.82, 2.24) is 10.2 Å². The van der Waals surface area contributed by atoms with E-state index in [0.29, 0.717) is 5.92 Å². The van der Waals surface area contributed by atoms with Crippen molar-refractivity contribution in [3.05, 3.63) is 59.9 Å². The third-order valence-corrected chi connectivity index (χ3v) is 5.03. The number of aromatic nitrogens is 2. The lowest BCUT2D eigenvalue weighted by molar-refractivity contribution is -0.113. The molecule has 0 aliphatic carbocycles. The zero-order valence-corrected chi connectivity index (χ0v) is 15.9. The second-order valence-electron chi connectivity index (χ2n) is 6.09. The highest BCUT2D eigenvalue weighted by molar-refractivity contribution is 7.99. The van der Waals surface area contributed by atoms with Gasteiger partial charge in [-0.05, 0) is 36.1 Å². The smallest absolute Gasteiger partial charge is 0.277 e. The number of carbonyl (C=O) groups excluding carboxylic acids is 1. The Bertz CT molecular complexity index is 929. The summed E-state index contributed by atoms with van der Waals surface area (Å²) in [5, 5.41) is 10.9. The minimum atomic E-state index is -0.433. The minimum Gasteiger partial charge on any atom is -0.411 e. The Labute approximate surface area is 161 Å². The fourth-order valence-electron chi connectivity index (χ4n) is 2.59. The van der Waals surface area contributed by atoms with Crippen molar-refractivity contribution < 1.29 is 13.6 Å². The van der Waals surface area contributed by atoms with E-state index >= 15 is 0 Å². The lowest BCUT2D eigenvalue weighted by Crippen LogP contribution is -2.15. The standard InChI is InChI=1S/C20H20FN3O2S/c1-3-13(2)14-8-5-7-11-17(14)22-18(25)12-27-20-24-23-19(26-20)15-9-4-6-10-16(15)21/h4-11,13H,3,12H2,1-2H3,(H,22,25)/t13-/m1/s1. The number of thioether (sulfide) groups is 1. The highest BCUT2D eigenvalue weighted by Crippen LogP contribution is 2.28. The monoisotopic (exact) mass is 385 g/mol. The van der Waals surface area contributed by atoms with Crippen LogP contribution in [-0.2, 0) is 4.79 Å². The summed E-state index contributed by atoms with van der Waals surface area (Å²) in [4.78, 5) is 12.3. The summed E-state index contributed by atoms with van der Waals surface area (Å²) in [6, 6.07) is 14.0. The number of anilines is 1. The maximum atomic E-state index is 13.8. The molecule has 0 radical (unpaired) electrons.